The molecule has 1 heterocycles. The average molecular weight is 369 g/mol. The van der Waals surface area contributed by atoms with E-state index in [-0.39, 0.29) is 0 Å². The first kappa shape index (κ1) is 12.0. The molecule has 0 aliphatic carbocycles. The van der Waals surface area contributed by atoms with Gasteiger partial charge in [0.15, 0.2) is 0 Å². The molecule has 0 radical (unpaired) electrons. The first-order valence-electron chi connectivity index (χ1n) is 6.60. The minimum Gasteiger partial charge on any atom is -0.281 e. The number of para-hydroxylation sites is 2. The zero-order valence-electron chi connectivity index (χ0n) is 10.8. The summed E-state index contributed by atoms with van der Waals surface area (Å²) in [5.41, 5.74) is 5.11. The van der Waals surface area contributed by atoms with Crippen molar-refractivity contribution in [3.8, 4) is 11.1 Å². The Bertz CT molecular complexity index is 907. The lowest BCUT2D eigenvalue weighted by Gasteiger charge is -2.05. The smallest absolute Gasteiger partial charge is 0.0668 e. The molecule has 0 saturated heterocycles. The molecule has 0 unspecified atom stereocenters. The number of aromatic nitrogens is 1. The molecule has 0 aliphatic heterocycles. The molecule has 1 aromatic heterocycles. The van der Waals surface area contributed by atoms with Crippen molar-refractivity contribution in [1.29, 1.82) is 0 Å². The molecular formula is C18H12IN. The summed E-state index contributed by atoms with van der Waals surface area (Å²) in [5.74, 6) is 0. The van der Waals surface area contributed by atoms with Gasteiger partial charge in [0.1, 0.15) is 0 Å². The zero-order chi connectivity index (χ0) is 13.5. The summed E-state index contributed by atoms with van der Waals surface area (Å²) in [5, 5.41) is 2.63. The van der Waals surface area contributed by atoms with E-state index in [1.807, 2.05) is 0 Å². The number of hydrogen-bond acceptors (Lipinski definition) is 0. The third-order valence-electron chi connectivity index (χ3n) is 3.72. The maximum absolute atomic E-state index is 2.40. The van der Waals surface area contributed by atoms with Crippen molar-refractivity contribution in [3.05, 3.63) is 72.8 Å². The predicted molar refractivity (Wildman–Crippen MR) is 94.3 cm³/mol. The molecule has 0 aliphatic rings. The molecule has 1 nitrogen and oxygen atoms in total. The van der Waals surface area contributed by atoms with E-state index in [2.05, 4.69) is 98.4 Å². The van der Waals surface area contributed by atoms with E-state index < -0.39 is 0 Å². The molecule has 0 saturated carbocycles. The van der Waals surface area contributed by atoms with Gasteiger partial charge in [-0.05, 0) is 11.6 Å². The van der Waals surface area contributed by atoms with Crippen molar-refractivity contribution in [2.24, 2.45) is 0 Å². The fourth-order valence-corrected chi connectivity index (χ4v) is 3.76. The Morgan fingerprint density at radius 3 is 2.20 bits per heavy atom. The number of nitrogens with zero attached hydrogens (tertiary/aromatic N) is 1. The molecule has 3 aromatic carbocycles. The molecule has 0 spiro atoms. The highest BCUT2D eigenvalue weighted by Crippen LogP contribution is 2.36. The first-order chi connectivity index (χ1) is 9.86. The number of fused-ring (bicyclic) bond motifs is 3. The van der Waals surface area contributed by atoms with Crippen LogP contribution in [0, 0.1) is 0 Å². The summed E-state index contributed by atoms with van der Waals surface area (Å²) < 4.78 is 2.27. The second-order valence-corrected chi connectivity index (χ2v) is 5.83. The molecular weight excluding hydrogens is 357 g/mol. The van der Waals surface area contributed by atoms with E-state index in [9.17, 15) is 0 Å². The highest BCUT2D eigenvalue weighted by molar-refractivity contribution is 14.1. The Morgan fingerprint density at radius 2 is 1.35 bits per heavy atom. The van der Waals surface area contributed by atoms with E-state index >= 15 is 0 Å². The third kappa shape index (κ3) is 1.68. The van der Waals surface area contributed by atoms with Gasteiger partial charge in [-0.15, -0.1) is 0 Å². The Hall–Kier alpha value is -1.81. The van der Waals surface area contributed by atoms with Crippen LogP contribution in [0.25, 0.3) is 32.9 Å². The van der Waals surface area contributed by atoms with Crippen LogP contribution in [0.2, 0.25) is 0 Å². The molecule has 4 aromatic rings. The largest absolute Gasteiger partial charge is 0.281 e. The van der Waals surface area contributed by atoms with E-state index in [1.165, 1.54) is 32.9 Å². The molecule has 0 amide bonds. The molecule has 0 fully saturated rings. The Morgan fingerprint density at radius 1 is 0.650 bits per heavy atom. The molecule has 4 rings (SSSR count). The summed E-state index contributed by atoms with van der Waals surface area (Å²) in [6, 6.07) is 25.7. The van der Waals surface area contributed by atoms with Crippen molar-refractivity contribution in [2.45, 2.75) is 0 Å². The maximum Gasteiger partial charge on any atom is 0.0668 e. The summed E-state index contributed by atoms with van der Waals surface area (Å²) >= 11 is 2.40. The van der Waals surface area contributed by atoms with Gasteiger partial charge in [-0.2, -0.15) is 0 Å². The van der Waals surface area contributed by atoms with Crippen LogP contribution in [0.5, 0.6) is 0 Å². The third-order valence-corrected chi connectivity index (χ3v) is 4.73. The highest BCUT2D eigenvalue weighted by Gasteiger charge is 2.12. The fraction of sp³-hybridized carbons (Fsp3) is 0. The predicted octanol–water partition coefficient (Wildman–Crippen LogP) is 5.66. The Kier molecular flexibility index (Phi) is 2.77. The fourth-order valence-electron chi connectivity index (χ4n) is 2.82. The lowest BCUT2D eigenvalue weighted by molar-refractivity contribution is 1.49. The quantitative estimate of drug-likeness (QED) is 0.382. The minimum atomic E-state index is 1.26. The molecule has 20 heavy (non-hydrogen) atoms. The van der Waals surface area contributed by atoms with E-state index in [4.69, 9.17) is 0 Å². The van der Waals surface area contributed by atoms with Crippen molar-refractivity contribution in [1.82, 2.24) is 2.78 Å². The minimum absolute atomic E-state index is 1.26. The Labute approximate surface area is 131 Å². The van der Waals surface area contributed by atoms with Crippen LogP contribution in [0.15, 0.2) is 72.8 Å². The number of benzene rings is 3. The number of hydrogen-bond donors (Lipinski definition) is 0. The monoisotopic (exact) mass is 369 g/mol. The van der Waals surface area contributed by atoms with Crippen molar-refractivity contribution >= 4 is 44.7 Å². The van der Waals surface area contributed by atoms with E-state index in [0.29, 0.717) is 0 Å². The van der Waals surface area contributed by atoms with Crippen LogP contribution in [0.4, 0.5) is 0 Å². The first-order valence-corrected chi connectivity index (χ1v) is 7.56. The van der Waals surface area contributed by atoms with Gasteiger partial charge in [-0.25, -0.2) is 0 Å². The van der Waals surface area contributed by atoms with Gasteiger partial charge in [-0.3, -0.25) is 2.78 Å². The van der Waals surface area contributed by atoms with Gasteiger partial charge in [-0.1, -0.05) is 66.7 Å². The van der Waals surface area contributed by atoms with Gasteiger partial charge >= 0.3 is 0 Å². The van der Waals surface area contributed by atoms with Crippen LogP contribution < -0.4 is 0 Å². The van der Waals surface area contributed by atoms with Gasteiger partial charge in [0.2, 0.25) is 0 Å². The van der Waals surface area contributed by atoms with Crippen molar-refractivity contribution < 1.29 is 0 Å². The second-order valence-electron chi connectivity index (χ2n) is 4.87. The van der Waals surface area contributed by atoms with Crippen LogP contribution in [0.3, 0.4) is 0 Å². The summed E-state index contributed by atoms with van der Waals surface area (Å²) in [6.07, 6.45) is 0. The highest BCUT2D eigenvalue weighted by atomic mass is 127. The Balaban J connectivity index is 2.19. The van der Waals surface area contributed by atoms with Crippen LogP contribution in [-0.2, 0) is 0 Å². The lowest BCUT2D eigenvalue weighted by Crippen LogP contribution is -1.83. The molecule has 2 heteroatoms. The van der Waals surface area contributed by atoms with Crippen LogP contribution in [0.1, 0.15) is 0 Å². The molecule has 0 N–H and O–H groups in total. The molecule has 0 atom stereocenters. The number of halogens is 1. The maximum atomic E-state index is 2.40. The SMILES string of the molecule is In1c2ccccc2c2cccc(-c3ccccc3)c21. The lowest BCUT2D eigenvalue weighted by atomic mass is 10.0. The van der Waals surface area contributed by atoms with Crippen molar-refractivity contribution in [3.63, 3.8) is 0 Å². The normalized spacial score (nSPS) is 11.2. The van der Waals surface area contributed by atoms with Gasteiger partial charge in [0, 0.05) is 16.3 Å². The van der Waals surface area contributed by atoms with Crippen molar-refractivity contribution in [2.75, 3.05) is 0 Å². The van der Waals surface area contributed by atoms with Gasteiger partial charge in [0.05, 0.1) is 33.9 Å². The molecule has 0 bridgehead atoms. The standard InChI is InChI=1S/C18H12IN/c19-20-17-12-5-4-9-15(17)16-11-6-10-14(18(16)20)13-7-2-1-3-8-13/h1-12H. The zero-order valence-corrected chi connectivity index (χ0v) is 12.9. The summed E-state index contributed by atoms with van der Waals surface area (Å²) in [6.45, 7) is 0. The average Bonchev–Trinajstić information content (AvgIpc) is 2.82. The number of rotatable bonds is 1. The summed E-state index contributed by atoms with van der Waals surface area (Å²) in [4.78, 5) is 0. The van der Waals surface area contributed by atoms with Gasteiger partial charge in [0.25, 0.3) is 0 Å². The van der Waals surface area contributed by atoms with E-state index in [0.717, 1.165) is 0 Å². The topological polar surface area (TPSA) is 4.93 Å². The second kappa shape index (κ2) is 4.63. The molecule has 96 valence electrons. The van der Waals surface area contributed by atoms with Crippen LogP contribution in [-0.4, -0.2) is 2.78 Å². The van der Waals surface area contributed by atoms with Crippen LogP contribution >= 0.6 is 22.9 Å². The summed E-state index contributed by atoms with van der Waals surface area (Å²) in [7, 11) is 0. The van der Waals surface area contributed by atoms with E-state index in [1.54, 1.807) is 0 Å². The van der Waals surface area contributed by atoms with Gasteiger partial charge < -0.3 is 0 Å².